The van der Waals surface area contributed by atoms with Crippen molar-refractivity contribution in [1.82, 2.24) is 4.98 Å². The van der Waals surface area contributed by atoms with Gasteiger partial charge in [0.05, 0.1) is 25.7 Å². The van der Waals surface area contributed by atoms with Crippen molar-refractivity contribution in [3.8, 4) is 23.3 Å². The van der Waals surface area contributed by atoms with E-state index in [4.69, 9.17) is 19.9 Å². The Hall–Kier alpha value is -3.40. The first kappa shape index (κ1) is 16.5. The van der Waals surface area contributed by atoms with E-state index in [1.165, 1.54) is 14.2 Å². The number of nitrogens with two attached hydrogens (primary N) is 1. The molecule has 0 unspecified atom stereocenters. The Morgan fingerprint density at radius 2 is 2.04 bits per heavy atom. The van der Waals surface area contributed by atoms with Gasteiger partial charge in [0.2, 0.25) is 5.88 Å². The van der Waals surface area contributed by atoms with Gasteiger partial charge in [0, 0.05) is 17.3 Å². The number of hydrogen-bond donors (Lipinski definition) is 2. The summed E-state index contributed by atoms with van der Waals surface area (Å²) in [6.45, 7) is 1.74. The smallest absolute Gasteiger partial charge is 0.256 e. The summed E-state index contributed by atoms with van der Waals surface area (Å²) < 4.78 is 16.2. The summed E-state index contributed by atoms with van der Waals surface area (Å²) >= 11 is 0. The molecule has 3 N–H and O–H groups in total. The van der Waals surface area contributed by atoms with Crippen molar-refractivity contribution in [3.05, 3.63) is 62.9 Å². The number of fused-ring (bicyclic) bond motifs is 1. The maximum absolute atomic E-state index is 12.6. The largest absolute Gasteiger partial charge is 0.497 e. The third-order valence-corrected chi connectivity index (χ3v) is 4.10. The summed E-state index contributed by atoms with van der Waals surface area (Å²) in [5.41, 5.74) is 7.29. The number of rotatable bonds is 3. The van der Waals surface area contributed by atoms with Gasteiger partial charge in [-0.1, -0.05) is 0 Å². The Labute approximate surface area is 144 Å². The number of aromatic nitrogens is 1. The van der Waals surface area contributed by atoms with E-state index in [-0.39, 0.29) is 17.0 Å². The average Bonchev–Trinajstić information content (AvgIpc) is 2.59. The Balaban J connectivity index is 2.35. The van der Waals surface area contributed by atoms with Crippen molar-refractivity contribution < 1.29 is 14.2 Å². The van der Waals surface area contributed by atoms with E-state index in [2.05, 4.69) is 11.1 Å². The quantitative estimate of drug-likeness (QED) is 0.884. The second-order valence-corrected chi connectivity index (χ2v) is 5.59. The molecule has 0 amide bonds. The van der Waals surface area contributed by atoms with Crippen molar-refractivity contribution in [3.63, 3.8) is 0 Å². The topological polar surface area (TPSA) is 110 Å². The molecule has 2 aromatic rings. The van der Waals surface area contributed by atoms with Crippen LogP contribution in [-0.4, -0.2) is 19.2 Å². The molecular formula is C18H17N3O4. The summed E-state index contributed by atoms with van der Waals surface area (Å²) in [6.07, 6.45) is 0. The minimum absolute atomic E-state index is 0.0325. The zero-order chi connectivity index (χ0) is 18.1. The minimum Gasteiger partial charge on any atom is -0.497 e. The van der Waals surface area contributed by atoms with E-state index >= 15 is 0 Å². The number of allylic oxidation sites excluding steroid dienone is 1. The Morgan fingerprint density at radius 3 is 2.68 bits per heavy atom. The van der Waals surface area contributed by atoms with Gasteiger partial charge in [0.1, 0.15) is 28.9 Å². The van der Waals surface area contributed by atoms with E-state index in [0.717, 1.165) is 0 Å². The molecule has 0 fully saturated rings. The average molecular weight is 339 g/mol. The van der Waals surface area contributed by atoms with E-state index < -0.39 is 5.92 Å². The summed E-state index contributed by atoms with van der Waals surface area (Å²) in [5.74, 6) is 0.660. The summed E-state index contributed by atoms with van der Waals surface area (Å²) in [6, 6.07) is 8.91. The zero-order valence-corrected chi connectivity index (χ0v) is 14.0. The van der Waals surface area contributed by atoms with Crippen LogP contribution in [0.4, 0.5) is 0 Å². The Bertz CT molecular complexity index is 969. The highest BCUT2D eigenvalue weighted by Crippen LogP contribution is 2.44. The van der Waals surface area contributed by atoms with Crippen molar-refractivity contribution in [1.29, 1.82) is 5.26 Å². The second kappa shape index (κ2) is 6.24. The number of hydrogen-bond acceptors (Lipinski definition) is 6. The molecule has 0 spiro atoms. The molecule has 7 nitrogen and oxygen atoms in total. The summed E-state index contributed by atoms with van der Waals surface area (Å²) in [5, 5.41) is 9.60. The van der Waals surface area contributed by atoms with Gasteiger partial charge < -0.3 is 24.9 Å². The van der Waals surface area contributed by atoms with Crippen LogP contribution in [0.25, 0.3) is 0 Å². The van der Waals surface area contributed by atoms with E-state index in [1.54, 1.807) is 31.2 Å². The number of nitrogens with zero attached hydrogens (tertiary/aromatic N) is 1. The van der Waals surface area contributed by atoms with Crippen molar-refractivity contribution >= 4 is 0 Å². The van der Waals surface area contributed by atoms with Gasteiger partial charge in [-0.05, 0) is 25.1 Å². The maximum Gasteiger partial charge on any atom is 0.256 e. The van der Waals surface area contributed by atoms with Crippen molar-refractivity contribution in [2.75, 3.05) is 14.2 Å². The van der Waals surface area contributed by atoms with E-state index in [0.29, 0.717) is 34.1 Å². The van der Waals surface area contributed by atoms with Crippen LogP contribution in [0, 0.1) is 18.3 Å². The molecule has 1 aromatic carbocycles. The fourth-order valence-corrected chi connectivity index (χ4v) is 2.98. The molecule has 1 aliphatic heterocycles. The number of nitriles is 1. The molecule has 0 bridgehead atoms. The SMILES string of the molecule is COc1ccc(OC)c([C@@H]2C(C#N)=C(N)Oc3cc(C)[nH]c(=O)c32)c1. The molecule has 128 valence electrons. The lowest BCUT2D eigenvalue weighted by atomic mass is 9.83. The van der Waals surface area contributed by atoms with Crippen LogP contribution >= 0.6 is 0 Å². The van der Waals surface area contributed by atoms with Gasteiger partial charge in [-0.3, -0.25) is 4.79 Å². The van der Waals surface area contributed by atoms with Crippen LogP contribution in [0.15, 0.2) is 40.5 Å². The molecule has 0 aliphatic carbocycles. The summed E-state index contributed by atoms with van der Waals surface area (Å²) in [4.78, 5) is 15.4. The molecule has 0 saturated heterocycles. The lowest BCUT2D eigenvalue weighted by Crippen LogP contribution is -2.28. The highest BCUT2D eigenvalue weighted by atomic mass is 16.5. The van der Waals surface area contributed by atoms with Crippen LogP contribution in [0.1, 0.15) is 22.7 Å². The highest BCUT2D eigenvalue weighted by Gasteiger charge is 2.35. The van der Waals surface area contributed by atoms with Crippen molar-refractivity contribution in [2.45, 2.75) is 12.8 Å². The molecule has 2 heterocycles. The van der Waals surface area contributed by atoms with Crippen LogP contribution in [0.2, 0.25) is 0 Å². The molecule has 0 radical (unpaired) electrons. The van der Waals surface area contributed by atoms with Crippen molar-refractivity contribution in [2.24, 2.45) is 5.73 Å². The van der Waals surface area contributed by atoms with Gasteiger partial charge in [0.25, 0.3) is 5.56 Å². The number of aryl methyl sites for hydroxylation is 1. The Morgan fingerprint density at radius 1 is 1.28 bits per heavy atom. The summed E-state index contributed by atoms with van der Waals surface area (Å²) in [7, 11) is 3.05. The van der Waals surface area contributed by atoms with Crippen LogP contribution in [0.5, 0.6) is 17.2 Å². The number of methoxy groups -OCH3 is 2. The Kier molecular flexibility index (Phi) is 4.11. The van der Waals surface area contributed by atoms with E-state index in [1.807, 2.05) is 0 Å². The molecule has 25 heavy (non-hydrogen) atoms. The molecular weight excluding hydrogens is 322 g/mol. The van der Waals surface area contributed by atoms with Gasteiger partial charge in [-0.15, -0.1) is 0 Å². The first-order chi connectivity index (χ1) is 12.0. The third-order valence-electron chi connectivity index (χ3n) is 4.10. The molecule has 1 atom stereocenters. The number of pyridine rings is 1. The van der Waals surface area contributed by atoms with Gasteiger partial charge in [-0.2, -0.15) is 5.26 Å². The maximum atomic E-state index is 12.6. The highest BCUT2D eigenvalue weighted by molar-refractivity contribution is 5.59. The number of ether oxygens (including phenoxy) is 3. The van der Waals surface area contributed by atoms with Crippen LogP contribution < -0.4 is 25.5 Å². The molecule has 3 rings (SSSR count). The number of nitrogens with one attached hydrogen (secondary N) is 1. The molecule has 1 aromatic heterocycles. The first-order valence-electron chi connectivity index (χ1n) is 7.53. The lowest BCUT2D eigenvalue weighted by Gasteiger charge is -2.27. The van der Waals surface area contributed by atoms with Gasteiger partial charge in [0.15, 0.2) is 0 Å². The third kappa shape index (κ3) is 2.68. The predicted octanol–water partition coefficient (Wildman–Crippen LogP) is 1.92. The standard InChI is InChI=1S/C18H17N3O4/c1-9-6-14-16(18(22)21-9)15(12(8-19)17(20)25-14)11-7-10(23-2)4-5-13(11)24-3/h4-7,15H,20H2,1-3H3,(H,21,22)/t15-/m1/s1. The van der Waals surface area contributed by atoms with Crippen LogP contribution in [-0.2, 0) is 0 Å². The fourth-order valence-electron chi connectivity index (χ4n) is 2.98. The monoisotopic (exact) mass is 339 g/mol. The number of benzene rings is 1. The normalized spacial score (nSPS) is 15.8. The molecule has 1 aliphatic rings. The molecule has 7 heteroatoms. The second-order valence-electron chi connectivity index (χ2n) is 5.59. The fraction of sp³-hybridized carbons (Fsp3) is 0.222. The predicted molar refractivity (Wildman–Crippen MR) is 90.6 cm³/mol. The van der Waals surface area contributed by atoms with Crippen LogP contribution in [0.3, 0.4) is 0 Å². The molecule has 0 saturated carbocycles. The minimum atomic E-state index is -0.719. The first-order valence-corrected chi connectivity index (χ1v) is 7.53. The number of H-pyrrole nitrogens is 1. The number of aromatic amines is 1. The van der Waals surface area contributed by atoms with E-state index in [9.17, 15) is 10.1 Å². The van der Waals surface area contributed by atoms with Gasteiger partial charge in [-0.25, -0.2) is 0 Å². The lowest BCUT2D eigenvalue weighted by molar-refractivity contribution is 0.382. The zero-order valence-electron chi connectivity index (χ0n) is 14.0. The van der Waals surface area contributed by atoms with Gasteiger partial charge >= 0.3 is 0 Å².